The number of carbonyl (C=O) groups excluding carboxylic acids is 1. The number of rotatable bonds is 3. The molecule has 3 heterocycles. The third-order valence-corrected chi connectivity index (χ3v) is 5.15. The molecular weight excluding hydrogens is 307 g/mol. The van der Waals surface area contributed by atoms with E-state index in [9.17, 15) is 9.18 Å². The van der Waals surface area contributed by atoms with Gasteiger partial charge in [0.15, 0.2) is 0 Å². The second-order valence-corrected chi connectivity index (χ2v) is 6.69. The zero-order chi connectivity index (χ0) is 16.7. The Morgan fingerprint density at radius 1 is 1.21 bits per heavy atom. The molecule has 2 atom stereocenters. The normalized spacial score (nSPS) is 24.4. The Bertz CT molecular complexity index is 742. The number of nitrogens with zero attached hydrogens (tertiary/aromatic N) is 4. The molecule has 6 heteroatoms. The van der Waals surface area contributed by atoms with Crippen LogP contribution in [0.3, 0.4) is 0 Å². The predicted octanol–water partition coefficient (Wildman–Crippen LogP) is 2.33. The van der Waals surface area contributed by atoms with Crippen LogP contribution in [0.2, 0.25) is 0 Å². The highest BCUT2D eigenvalue weighted by Crippen LogP contribution is 2.35. The average molecular weight is 328 g/mol. The maximum Gasteiger partial charge on any atom is 0.227 e. The van der Waals surface area contributed by atoms with E-state index in [1.807, 2.05) is 30.3 Å². The van der Waals surface area contributed by atoms with Crippen LogP contribution in [0.4, 0.5) is 10.1 Å². The van der Waals surface area contributed by atoms with E-state index in [2.05, 4.69) is 10.00 Å². The molecule has 0 bridgehead atoms. The van der Waals surface area contributed by atoms with Gasteiger partial charge in [-0.1, -0.05) is 12.1 Å². The van der Waals surface area contributed by atoms with Gasteiger partial charge in [0.1, 0.15) is 5.82 Å². The van der Waals surface area contributed by atoms with Crippen molar-refractivity contribution in [3.8, 4) is 0 Å². The summed E-state index contributed by atoms with van der Waals surface area (Å²) in [6.45, 7) is 1.76. The number of piperidine rings is 1. The summed E-state index contributed by atoms with van der Waals surface area (Å²) in [4.78, 5) is 16.8. The van der Waals surface area contributed by atoms with Gasteiger partial charge in [-0.25, -0.2) is 4.39 Å². The fraction of sp³-hybridized carbons (Fsp3) is 0.444. The van der Waals surface area contributed by atoms with E-state index in [4.69, 9.17) is 0 Å². The third kappa shape index (κ3) is 2.71. The summed E-state index contributed by atoms with van der Waals surface area (Å²) in [5.74, 6) is -0.0167. The lowest BCUT2D eigenvalue weighted by atomic mass is 9.95. The van der Waals surface area contributed by atoms with E-state index >= 15 is 0 Å². The van der Waals surface area contributed by atoms with Crippen LogP contribution < -0.4 is 4.90 Å². The molecule has 5 nitrogen and oxygen atoms in total. The molecule has 126 valence electrons. The van der Waals surface area contributed by atoms with Gasteiger partial charge in [-0.15, -0.1) is 0 Å². The van der Waals surface area contributed by atoms with Crippen LogP contribution in [-0.2, 0) is 18.4 Å². The minimum atomic E-state index is -0.205. The van der Waals surface area contributed by atoms with Gasteiger partial charge in [0.05, 0.1) is 17.9 Å². The topological polar surface area (TPSA) is 41.4 Å². The van der Waals surface area contributed by atoms with Crippen molar-refractivity contribution in [1.29, 1.82) is 0 Å². The van der Waals surface area contributed by atoms with Gasteiger partial charge in [-0.3, -0.25) is 14.4 Å². The van der Waals surface area contributed by atoms with Crippen molar-refractivity contribution in [1.82, 2.24) is 14.7 Å². The smallest absolute Gasteiger partial charge is 0.227 e. The third-order valence-electron chi connectivity index (χ3n) is 5.15. The molecule has 1 aromatic heterocycles. The van der Waals surface area contributed by atoms with Crippen LogP contribution in [0.25, 0.3) is 0 Å². The number of amides is 1. The first kappa shape index (κ1) is 15.3. The van der Waals surface area contributed by atoms with Crippen molar-refractivity contribution in [3.63, 3.8) is 0 Å². The fourth-order valence-electron chi connectivity index (χ4n) is 4.04. The van der Waals surface area contributed by atoms with Gasteiger partial charge in [-0.2, -0.15) is 5.10 Å². The molecule has 2 saturated heterocycles. The van der Waals surface area contributed by atoms with Crippen molar-refractivity contribution in [3.05, 3.63) is 48.0 Å². The van der Waals surface area contributed by atoms with Crippen LogP contribution in [-0.4, -0.2) is 39.2 Å². The summed E-state index contributed by atoms with van der Waals surface area (Å²) in [7, 11) is 1.87. The van der Waals surface area contributed by atoms with Crippen molar-refractivity contribution in [2.75, 3.05) is 11.4 Å². The minimum absolute atomic E-state index is 0.188. The van der Waals surface area contributed by atoms with Crippen molar-refractivity contribution in [2.24, 2.45) is 7.05 Å². The van der Waals surface area contributed by atoms with Gasteiger partial charge >= 0.3 is 0 Å². The SMILES string of the molecule is Cn1cc(N2C(=O)CC[C@@H]3[C@H]2CCN3Cc2ccc(F)cc2)cn1. The molecule has 2 aliphatic heterocycles. The van der Waals surface area contributed by atoms with E-state index in [0.717, 1.165) is 37.2 Å². The summed E-state index contributed by atoms with van der Waals surface area (Å²) >= 11 is 0. The van der Waals surface area contributed by atoms with Gasteiger partial charge in [0.2, 0.25) is 5.91 Å². The molecule has 2 fully saturated rings. The second-order valence-electron chi connectivity index (χ2n) is 6.69. The Morgan fingerprint density at radius 2 is 2.00 bits per heavy atom. The lowest BCUT2D eigenvalue weighted by Gasteiger charge is -2.39. The first-order chi connectivity index (χ1) is 11.6. The van der Waals surface area contributed by atoms with Crippen molar-refractivity contribution >= 4 is 11.6 Å². The number of likely N-dealkylation sites (tertiary alicyclic amines) is 1. The molecular formula is C18H21FN4O. The minimum Gasteiger partial charge on any atom is -0.305 e. The maximum atomic E-state index is 13.1. The lowest BCUT2D eigenvalue weighted by Crippen LogP contribution is -2.52. The number of carbonyl (C=O) groups is 1. The first-order valence-corrected chi connectivity index (χ1v) is 8.41. The average Bonchev–Trinajstić information content (AvgIpc) is 3.16. The van der Waals surface area contributed by atoms with E-state index in [1.165, 1.54) is 12.1 Å². The second kappa shape index (κ2) is 6.02. The maximum absolute atomic E-state index is 13.1. The molecule has 0 unspecified atom stereocenters. The van der Waals surface area contributed by atoms with E-state index in [1.54, 1.807) is 10.9 Å². The first-order valence-electron chi connectivity index (χ1n) is 8.41. The molecule has 0 spiro atoms. The Hall–Kier alpha value is -2.21. The van der Waals surface area contributed by atoms with E-state index in [0.29, 0.717) is 12.5 Å². The number of aryl methyl sites for hydroxylation is 1. The number of halogens is 1. The number of benzene rings is 1. The zero-order valence-electron chi connectivity index (χ0n) is 13.7. The van der Waals surface area contributed by atoms with Crippen LogP contribution in [0.5, 0.6) is 0 Å². The highest BCUT2D eigenvalue weighted by molar-refractivity contribution is 5.94. The van der Waals surface area contributed by atoms with Crippen LogP contribution in [0.15, 0.2) is 36.7 Å². The quantitative estimate of drug-likeness (QED) is 0.868. The van der Waals surface area contributed by atoms with Gasteiger partial charge in [-0.05, 0) is 30.5 Å². The molecule has 0 saturated carbocycles. The Labute approximate surface area is 140 Å². The summed E-state index contributed by atoms with van der Waals surface area (Å²) in [5.41, 5.74) is 2.00. The molecule has 2 aliphatic rings. The summed E-state index contributed by atoms with van der Waals surface area (Å²) in [6, 6.07) is 7.26. The van der Waals surface area contributed by atoms with E-state index < -0.39 is 0 Å². The summed E-state index contributed by atoms with van der Waals surface area (Å²) in [5, 5.41) is 4.21. The standard InChI is InChI=1S/C18H21FN4O/c1-21-12-15(10-20-21)23-17-8-9-22(16(17)6-7-18(23)24)11-13-2-4-14(19)5-3-13/h2-5,10,12,16-17H,6-9,11H2,1H3/t16-,17-/m1/s1. The Balaban J connectivity index is 1.54. The number of hydrogen-bond donors (Lipinski definition) is 0. The summed E-state index contributed by atoms with van der Waals surface area (Å²) in [6.07, 6.45) is 6.09. The lowest BCUT2D eigenvalue weighted by molar-refractivity contribution is -0.120. The van der Waals surface area contributed by atoms with Crippen LogP contribution in [0.1, 0.15) is 24.8 Å². The molecule has 24 heavy (non-hydrogen) atoms. The van der Waals surface area contributed by atoms with Crippen molar-refractivity contribution < 1.29 is 9.18 Å². The number of fused-ring (bicyclic) bond motifs is 1. The highest BCUT2D eigenvalue weighted by atomic mass is 19.1. The molecule has 0 aliphatic carbocycles. The predicted molar refractivity (Wildman–Crippen MR) is 88.9 cm³/mol. The monoisotopic (exact) mass is 328 g/mol. The highest BCUT2D eigenvalue weighted by Gasteiger charge is 2.43. The number of hydrogen-bond acceptors (Lipinski definition) is 3. The van der Waals surface area contributed by atoms with Crippen molar-refractivity contribution in [2.45, 2.75) is 37.9 Å². The Kier molecular flexibility index (Phi) is 3.84. The molecule has 0 radical (unpaired) electrons. The van der Waals surface area contributed by atoms with E-state index in [-0.39, 0.29) is 17.8 Å². The largest absolute Gasteiger partial charge is 0.305 e. The zero-order valence-corrected chi connectivity index (χ0v) is 13.7. The van der Waals surface area contributed by atoms with Gasteiger partial charge < -0.3 is 4.90 Å². The molecule has 0 N–H and O–H groups in total. The molecule has 1 amide bonds. The Morgan fingerprint density at radius 3 is 2.71 bits per heavy atom. The number of aromatic nitrogens is 2. The van der Waals surface area contributed by atoms with Crippen LogP contribution >= 0.6 is 0 Å². The van der Waals surface area contributed by atoms with Crippen LogP contribution in [0, 0.1) is 5.82 Å². The van der Waals surface area contributed by atoms with Gasteiger partial charge in [0, 0.05) is 38.8 Å². The molecule has 1 aromatic carbocycles. The molecule has 2 aromatic rings. The number of anilines is 1. The molecule has 4 rings (SSSR count). The van der Waals surface area contributed by atoms with Gasteiger partial charge in [0.25, 0.3) is 0 Å². The fourth-order valence-corrected chi connectivity index (χ4v) is 4.04. The summed E-state index contributed by atoms with van der Waals surface area (Å²) < 4.78 is 14.8.